The molecule has 0 spiro atoms. The highest BCUT2D eigenvalue weighted by molar-refractivity contribution is 5.36. The molecule has 4 rings (SSSR count). The highest BCUT2D eigenvalue weighted by Crippen LogP contribution is 2.94. The Hall–Kier alpha value is 0. The zero-order valence-corrected chi connectivity index (χ0v) is 9.93. The first kappa shape index (κ1) is 8.19. The molecule has 7 unspecified atom stereocenters. The summed E-state index contributed by atoms with van der Waals surface area (Å²) in [5.74, 6) is 4.41. The van der Waals surface area contributed by atoms with Crippen LogP contribution in [0, 0.1) is 39.9 Å². The normalized spacial score (nSPS) is 78.0. The maximum Gasteiger partial charge on any atom is -0.0176 e. The van der Waals surface area contributed by atoms with Gasteiger partial charge in [-0.3, -0.25) is 0 Å². The van der Waals surface area contributed by atoms with Crippen molar-refractivity contribution < 1.29 is 0 Å². The summed E-state index contributed by atoms with van der Waals surface area (Å²) in [7, 11) is 0. The first-order valence-corrected chi connectivity index (χ1v) is 6.48. The van der Waals surface area contributed by atoms with Gasteiger partial charge >= 0.3 is 0 Å². The van der Waals surface area contributed by atoms with Gasteiger partial charge in [-0.1, -0.05) is 27.7 Å². The molecule has 0 amide bonds. The van der Waals surface area contributed by atoms with Crippen LogP contribution in [-0.2, 0) is 0 Å². The van der Waals surface area contributed by atoms with E-state index in [1.807, 2.05) is 0 Å². The number of rotatable bonds is 0. The van der Waals surface area contributed by atoms with Crippen molar-refractivity contribution in [3.8, 4) is 0 Å². The molecule has 0 nitrogen and oxygen atoms in total. The van der Waals surface area contributed by atoms with Crippen molar-refractivity contribution >= 4 is 0 Å². The fraction of sp³-hybridized carbons (Fsp3) is 1.00. The van der Waals surface area contributed by atoms with Gasteiger partial charge in [-0.2, -0.15) is 0 Å². The molecule has 0 aromatic rings. The first-order chi connectivity index (χ1) is 6.48. The zero-order valence-electron chi connectivity index (χ0n) is 9.93. The van der Waals surface area contributed by atoms with Crippen molar-refractivity contribution in [2.24, 2.45) is 39.9 Å². The SMILES string of the molecule is CC1CC2C3C4CCC4(C)C3(C)C12C. The molecule has 4 saturated carbocycles. The standard InChI is InChI=1S/C14H22/c1-8-7-10-11-9-5-6-12(9,2)14(11,4)13(8,10)3/h8-11H,5-7H2,1-4H3. The van der Waals surface area contributed by atoms with E-state index in [4.69, 9.17) is 0 Å². The molecule has 14 heavy (non-hydrogen) atoms. The van der Waals surface area contributed by atoms with E-state index in [1.54, 1.807) is 12.8 Å². The fourth-order valence-electron chi connectivity index (χ4n) is 6.70. The second kappa shape index (κ2) is 1.72. The van der Waals surface area contributed by atoms with Gasteiger partial charge in [0, 0.05) is 0 Å². The Balaban J connectivity index is 1.81. The predicted molar refractivity (Wildman–Crippen MR) is 57.8 cm³/mol. The molecule has 0 aliphatic heterocycles. The summed E-state index contributed by atoms with van der Waals surface area (Å²) in [6.45, 7) is 10.3. The Morgan fingerprint density at radius 1 is 1.07 bits per heavy atom. The smallest absolute Gasteiger partial charge is 0.0176 e. The van der Waals surface area contributed by atoms with Gasteiger partial charge in [-0.15, -0.1) is 0 Å². The molecule has 78 valence electrons. The highest BCUT2D eigenvalue weighted by Gasteiger charge is 2.88. The number of hydrogen-bond acceptors (Lipinski definition) is 0. The summed E-state index contributed by atoms with van der Waals surface area (Å²) in [6, 6.07) is 0. The molecule has 0 saturated heterocycles. The van der Waals surface area contributed by atoms with E-state index in [-0.39, 0.29) is 0 Å². The van der Waals surface area contributed by atoms with E-state index >= 15 is 0 Å². The maximum absolute atomic E-state index is 2.62. The molecule has 4 aliphatic rings. The first-order valence-electron chi connectivity index (χ1n) is 6.48. The Bertz CT molecular complexity index is 333. The van der Waals surface area contributed by atoms with Gasteiger partial charge in [0.1, 0.15) is 0 Å². The Morgan fingerprint density at radius 3 is 2.29 bits per heavy atom. The van der Waals surface area contributed by atoms with E-state index in [9.17, 15) is 0 Å². The summed E-state index contributed by atoms with van der Waals surface area (Å²) in [4.78, 5) is 0. The van der Waals surface area contributed by atoms with Crippen LogP contribution in [0.15, 0.2) is 0 Å². The van der Waals surface area contributed by atoms with Gasteiger partial charge in [-0.05, 0) is 59.2 Å². The zero-order chi connectivity index (χ0) is 9.93. The fourth-order valence-corrected chi connectivity index (χ4v) is 6.70. The molecular formula is C14H22. The molecule has 0 bridgehead atoms. The van der Waals surface area contributed by atoms with Crippen molar-refractivity contribution in [1.82, 2.24) is 0 Å². The average molecular weight is 190 g/mol. The summed E-state index contributed by atoms with van der Waals surface area (Å²) in [5, 5.41) is 0. The van der Waals surface area contributed by atoms with Crippen LogP contribution in [0.1, 0.15) is 47.0 Å². The molecule has 0 N–H and O–H groups in total. The van der Waals surface area contributed by atoms with Gasteiger partial charge in [0.15, 0.2) is 0 Å². The van der Waals surface area contributed by atoms with Crippen molar-refractivity contribution in [2.45, 2.75) is 47.0 Å². The average Bonchev–Trinajstić information content (AvgIpc) is 2.17. The summed E-state index contributed by atoms with van der Waals surface area (Å²) in [5.41, 5.74) is 2.24. The number of hydrogen-bond donors (Lipinski definition) is 0. The lowest BCUT2D eigenvalue weighted by Gasteiger charge is -2.93. The van der Waals surface area contributed by atoms with E-state index < -0.39 is 0 Å². The van der Waals surface area contributed by atoms with Crippen LogP contribution in [-0.4, -0.2) is 0 Å². The quantitative estimate of drug-likeness (QED) is 0.546. The minimum atomic E-state index is 0.739. The molecule has 0 heterocycles. The lowest BCUT2D eigenvalue weighted by molar-refractivity contribution is -0.459. The van der Waals surface area contributed by atoms with Crippen LogP contribution in [0.3, 0.4) is 0 Å². The Labute approximate surface area is 87.5 Å². The molecule has 0 aromatic carbocycles. The molecule has 4 aliphatic carbocycles. The second-order valence-electron chi connectivity index (χ2n) is 7.32. The van der Waals surface area contributed by atoms with Crippen LogP contribution in [0.25, 0.3) is 0 Å². The third-order valence-electron chi connectivity index (χ3n) is 8.03. The van der Waals surface area contributed by atoms with Gasteiger partial charge in [0.25, 0.3) is 0 Å². The minimum Gasteiger partial charge on any atom is -0.0619 e. The van der Waals surface area contributed by atoms with Gasteiger partial charge < -0.3 is 0 Å². The molecule has 4 fully saturated rings. The summed E-state index contributed by atoms with van der Waals surface area (Å²) in [6.07, 6.45) is 4.63. The van der Waals surface area contributed by atoms with E-state index in [1.165, 1.54) is 6.42 Å². The summed E-state index contributed by atoms with van der Waals surface area (Å²) < 4.78 is 0. The molecule has 0 heteroatoms. The molecular weight excluding hydrogens is 168 g/mol. The van der Waals surface area contributed by atoms with Crippen molar-refractivity contribution in [2.75, 3.05) is 0 Å². The van der Waals surface area contributed by atoms with Gasteiger partial charge in [0.2, 0.25) is 0 Å². The Kier molecular flexibility index (Phi) is 1.01. The largest absolute Gasteiger partial charge is 0.0619 e. The lowest BCUT2D eigenvalue weighted by Crippen LogP contribution is -2.88. The van der Waals surface area contributed by atoms with Crippen molar-refractivity contribution in [3.63, 3.8) is 0 Å². The van der Waals surface area contributed by atoms with Crippen LogP contribution >= 0.6 is 0 Å². The third-order valence-corrected chi connectivity index (χ3v) is 8.03. The third kappa shape index (κ3) is 0.403. The molecule has 0 aromatic heterocycles. The van der Waals surface area contributed by atoms with Crippen molar-refractivity contribution in [1.29, 1.82) is 0 Å². The van der Waals surface area contributed by atoms with Crippen LogP contribution in [0.5, 0.6) is 0 Å². The van der Waals surface area contributed by atoms with Crippen LogP contribution in [0.4, 0.5) is 0 Å². The minimum absolute atomic E-state index is 0.739. The van der Waals surface area contributed by atoms with Gasteiger partial charge in [-0.25, -0.2) is 0 Å². The van der Waals surface area contributed by atoms with Crippen LogP contribution in [0.2, 0.25) is 0 Å². The monoisotopic (exact) mass is 190 g/mol. The van der Waals surface area contributed by atoms with Gasteiger partial charge in [0.05, 0.1) is 0 Å². The lowest BCUT2D eigenvalue weighted by atomic mass is 9.11. The second-order valence-corrected chi connectivity index (χ2v) is 7.32. The molecule has 0 radical (unpaired) electrons. The topological polar surface area (TPSA) is 0 Å². The summed E-state index contributed by atoms with van der Waals surface area (Å²) >= 11 is 0. The number of fused-ring (bicyclic) bond motifs is 7. The van der Waals surface area contributed by atoms with Crippen LogP contribution < -0.4 is 0 Å². The van der Waals surface area contributed by atoms with E-state index in [2.05, 4.69) is 27.7 Å². The maximum atomic E-state index is 2.62. The van der Waals surface area contributed by atoms with E-state index in [0.29, 0.717) is 0 Å². The molecule has 7 atom stereocenters. The van der Waals surface area contributed by atoms with E-state index in [0.717, 1.165) is 39.9 Å². The Morgan fingerprint density at radius 2 is 1.79 bits per heavy atom. The van der Waals surface area contributed by atoms with Crippen molar-refractivity contribution in [3.05, 3.63) is 0 Å². The highest BCUT2D eigenvalue weighted by atomic mass is 14.9. The predicted octanol–water partition coefficient (Wildman–Crippen LogP) is 3.71.